The Balaban J connectivity index is 1.34. The molecular weight excluding hydrogens is 613 g/mol. The van der Waals surface area contributed by atoms with E-state index in [0.717, 1.165) is 19.4 Å². The van der Waals surface area contributed by atoms with Gasteiger partial charge in [0.15, 0.2) is 5.82 Å². The second-order valence-corrected chi connectivity index (χ2v) is 12.6. The summed E-state index contributed by atoms with van der Waals surface area (Å²) < 4.78 is 64.6. The lowest BCUT2D eigenvalue weighted by Gasteiger charge is -2.31. The smallest absolute Gasteiger partial charge is 0.319 e. The zero-order valence-corrected chi connectivity index (χ0v) is 25.2. The number of fused-ring (bicyclic) bond motifs is 4. The van der Waals surface area contributed by atoms with Crippen LogP contribution >= 0.6 is 0 Å². The van der Waals surface area contributed by atoms with E-state index in [4.69, 9.17) is 25.6 Å². The zero-order chi connectivity index (χ0) is 32.4. The lowest BCUT2D eigenvalue weighted by molar-refractivity contribution is 0.107. The summed E-state index contributed by atoms with van der Waals surface area (Å²) in [5.41, 5.74) is -1.04. The maximum absolute atomic E-state index is 17.0. The minimum Gasteiger partial charge on any atom is -0.508 e. The number of aromatic nitrogens is 3. The van der Waals surface area contributed by atoms with Crippen molar-refractivity contribution in [2.75, 3.05) is 51.0 Å². The Hall–Kier alpha value is -4.85. The van der Waals surface area contributed by atoms with Crippen LogP contribution < -0.4 is 14.4 Å². The molecule has 0 saturated carbocycles. The van der Waals surface area contributed by atoms with Crippen LogP contribution in [0.15, 0.2) is 24.3 Å². The predicted molar refractivity (Wildman–Crippen MR) is 165 cm³/mol. The number of hydrogen-bond acceptors (Lipinski definition) is 10. The van der Waals surface area contributed by atoms with Crippen LogP contribution in [-0.4, -0.2) is 88.8 Å². The summed E-state index contributed by atoms with van der Waals surface area (Å²) >= 11 is 0. The number of terminal acetylenes is 1. The molecular formula is C34H29F3N6O4. The molecule has 0 aliphatic carbocycles. The number of pyridine rings is 1. The first-order valence-electron chi connectivity index (χ1n) is 15.5. The third kappa shape index (κ3) is 4.76. The van der Waals surface area contributed by atoms with Gasteiger partial charge in [-0.1, -0.05) is 12.0 Å². The molecule has 3 fully saturated rings. The number of anilines is 1. The molecule has 8 rings (SSSR count). The molecule has 4 atom stereocenters. The van der Waals surface area contributed by atoms with Gasteiger partial charge in [0.2, 0.25) is 5.88 Å². The van der Waals surface area contributed by atoms with Gasteiger partial charge in [-0.15, -0.1) is 6.42 Å². The Morgan fingerprint density at radius 2 is 2.00 bits per heavy atom. The van der Waals surface area contributed by atoms with Gasteiger partial charge in [0.1, 0.15) is 53.4 Å². The lowest BCUT2D eigenvalue weighted by Crippen LogP contribution is -2.44. The van der Waals surface area contributed by atoms with Crippen molar-refractivity contribution in [1.82, 2.24) is 19.9 Å². The van der Waals surface area contributed by atoms with Crippen LogP contribution in [0.1, 0.15) is 24.8 Å². The van der Waals surface area contributed by atoms with Gasteiger partial charge in [-0.25, -0.2) is 18.2 Å². The molecule has 47 heavy (non-hydrogen) atoms. The summed E-state index contributed by atoms with van der Waals surface area (Å²) in [7, 11) is 0. The van der Waals surface area contributed by atoms with Gasteiger partial charge in [-0.2, -0.15) is 15.2 Å². The highest BCUT2D eigenvalue weighted by Crippen LogP contribution is 2.44. The third-order valence-corrected chi connectivity index (χ3v) is 9.75. The molecule has 6 heterocycles. The molecule has 4 aliphatic heterocycles. The zero-order valence-electron chi connectivity index (χ0n) is 25.2. The number of aromatic hydroxyl groups is 1. The van der Waals surface area contributed by atoms with E-state index in [0.29, 0.717) is 18.4 Å². The lowest BCUT2D eigenvalue weighted by atomic mass is 9.95. The summed E-state index contributed by atoms with van der Waals surface area (Å²) in [4.78, 5) is 17.8. The average molecular weight is 643 g/mol. The summed E-state index contributed by atoms with van der Waals surface area (Å²) in [5.74, 6) is 0.312. The fourth-order valence-corrected chi connectivity index (χ4v) is 7.59. The number of phenolic OH excluding ortho intramolecular Hbond substituents is 1. The van der Waals surface area contributed by atoms with Gasteiger partial charge in [0, 0.05) is 30.5 Å². The molecule has 4 aliphatic rings. The summed E-state index contributed by atoms with van der Waals surface area (Å²) in [6.07, 6.45) is 6.71. The molecule has 0 radical (unpaired) electrons. The second kappa shape index (κ2) is 11.1. The number of alkyl halides is 1. The highest BCUT2D eigenvalue weighted by atomic mass is 19.1. The first-order valence-corrected chi connectivity index (χ1v) is 15.5. The minimum absolute atomic E-state index is 0.00584. The van der Waals surface area contributed by atoms with Crippen LogP contribution in [-0.2, 0) is 4.74 Å². The van der Waals surface area contributed by atoms with Crippen LogP contribution in [0.2, 0.25) is 0 Å². The fourth-order valence-electron chi connectivity index (χ4n) is 7.59. The molecule has 0 unspecified atom stereocenters. The van der Waals surface area contributed by atoms with E-state index in [-0.39, 0.29) is 89.5 Å². The van der Waals surface area contributed by atoms with Crippen molar-refractivity contribution in [1.29, 1.82) is 5.26 Å². The van der Waals surface area contributed by atoms with Crippen molar-refractivity contribution in [3.05, 3.63) is 41.5 Å². The summed E-state index contributed by atoms with van der Waals surface area (Å²) in [6, 6.07) is 7.01. The number of phenols is 1. The minimum atomic E-state index is -0.970. The normalized spacial score (nSPS) is 25.4. The predicted octanol–water partition coefficient (Wildman–Crippen LogP) is 4.50. The van der Waals surface area contributed by atoms with Crippen LogP contribution in [0.3, 0.4) is 0 Å². The van der Waals surface area contributed by atoms with E-state index in [1.165, 1.54) is 24.3 Å². The van der Waals surface area contributed by atoms with Crippen LogP contribution in [0, 0.1) is 41.2 Å². The van der Waals surface area contributed by atoms with Gasteiger partial charge >= 0.3 is 6.01 Å². The Bertz CT molecular complexity index is 2030. The monoisotopic (exact) mass is 642 g/mol. The Kier molecular flexibility index (Phi) is 7.01. The maximum atomic E-state index is 17.0. The molecule has 1 N–H and O–H groups in total. The second-order valence-electron chi connectivity index (χ2n) is 12.6. The first-order chi connectivity index (χ1) is 22.8. The molecule has 240 valence electrons. The SMILES string of the molecule is C#Cc1c(F)ccc2cc(O)cc(-c3nc4c5c(nc(OC[C@@]67CCCN6C[C@H](F)C7)nc5c3F)N3C[C@H](C#N)COC[C@H]3CO4)c12. The van der Waals surface area contributed by atoms with E-state index in [2.05, 4.69) is 26.9 Å². The fraction of sp³-hybridized carbons (Fsp3) is 0.412. The first kappa shape index (κ1) is 29.5. The Morgan fingerprint density at radius 1 is 1.13 bits per heavy atom. The summed E-state index contributed by atoms with van der Waals surface area (Å²) in [5, 5.41) is 21.1. The number of benzene rings is 2. The van der Waals surface area contributed by atoms with Crippen LogP contribution in [0.5, 0.6) is 17.6 Å². The van der Waals surface area contributed by atoms with Gasteiger partial charge in [-0.3, -0.25) is 4.90 Å². The number of ether oxygens (including phenoxy) is 3. The van der Waals surface area contributed by atoms with E-state index in [1.54, 1.807) is 0 Å². The topological polar surface area (TPSA) is 117 Å². The number of nitrogens with zero attached hydrogens (tertiary/aromatic N) is 6. The standard InChI is InChI=1S/C34H29F3N6O4/c1-2-23-25(36)5-4-19-8-22(44)9-24(26(19)23)29-28(37)30-27-31(43-12-18(11-38)14-45-15-21(43)16-46-32(27)39-29)41-33(40-30)47-17-34-6-3-7-42(34)13-20(35)10-34/h1,4-5,8-9,18,20-21,44H,3,6-7,10,12-17H2/t18-,20+,21-,34-/m0/s1. The van der Waals surface area contributed by atoms with Crippen LogP contribution in [0.4, 0.5) is 19.0 Å². The molecule has 0 bridgehead atoms. The Morgan fingerprint density at radius 3 is 2.83 bits per heavy atom. The van der Waals surface area contributed by atoms with Crippen molar-refractivity contribution in [2.24, 2.45) is 5.92 Å². The van der Waals surface area contributed by atoms with Crippen molar-refractivity contribution in [2.45, 2.75) is 37.0 Å². The van der Waals surface area contributed by atoms with Crippen molar-refractivity contribution < 1.29 is 32.5 Å². The van der Waals surface area contributed by atoms with Crippen molar-refractivity contribution in [3.63, 3.8) is 0 Å². The molecule has 4 aromatic rings. The number of hydrogen-bond donors (Lipinski definition) is 1. The molecule has 0 amide bonds. The Labute approximate surface area is 267 Å². The number of nitriles is 1. The van der Waals surface area contributed by atoms with Crippen LogP contribution in [0.25, 0.3) is 32.9 Å². The molecule has 0 spiro atoms. The van der Waals surface area contributed by atoms with E-state index < -0.39 is 35.3 Å². The molecule has 2 aromatic heterocycles. The maximum Gasteiger partial charge on any atom is 0.319 e. The quantitative estimate of drug-likeness (QED) is 0.319. The molecule has 10 nitrogen and oxygen atoms in total. The van der Waals surface area contributed by atoms with Gasteiger partial charge < -0.3 is 24.2 Å². The molecule has 2 aromatic carbocycles. The van der Waals surface area contributed by atoms with E-state index >= 15 is 4.39 Å². The van der Waals surface area contributed by atoms with Gasteiger partial charge in [0.05, 0.1) is 42.3 Å². The number of halogens is 3. The molecule has 13 heteroatoms. The van der Waals surface area contributed by atoms with E-state index in [9.17, 15) is 19.1 Å². The average Bonchev–Trinajstić information content (AvgIpc) is 3.44. The van der Waals surface area contributed by atoms with Gasteiger partial charge in [-0.05, 0) is 43.0 Å². The highest BCUT2D eigenvalue weighted by molar-refractivity contribution is 6.04. The largest absolute Gasteiger partial charge is 0.508 e. The van der Waals surface area contributed by atoms with E-state index in [1.807, 2.05) is 4.90 Å². The summed E-state index contributed by atoms with van der Waals surface area (Å²) in [6.45, 7) is 1.92. The number of rotatable bonds is 4. The van der Waals surface area contributed by atoms with Gasteiger partial charge in [0.25, 0.3) is 0 Å². The van der Waals surface area contributed by atoms with Crippen molar-refractivity contribution >= 4 is 27.5 Å². The molecule has 3 saturated heterocycles. The third-order valence-electron chi connectivity index (χ3n) is 9.75. The van der Waals surface area contributed by atoms with Crippen molar-refractivity contribution in [3.8, 4) is 47.3 Å². The highest BCUT2D eigenvalue weighted by Gasteiger charge is 2.49.